The van der Waals surface area contributed by atoms with E-state index >= 15 is 0 Å². The van der Waals surface area contributed by atoms with E-state index in [1.54, 1.807) is 0 Å². The topological polar surface area (TPSA) is 49.9 Å². The van der Waals surface area contributed by atoms with Gasteiger partial charge < -0.3 is 9.73 Å². The average Bonchev–Trinajstić information content (AvgIpc) is 3.62. The van der Waals surface area contributed by atoms with E-state index in [1.165, 1.54) is 21.5 Å². The smallest absolute Gasteiger partial charge is 0.160 e. The standard InChI is InChI=1S/C49H31N3O/c1-2-13-31-28-33(25-24-30(31)12-1)47-50-48(52-49(51-47)43-29-32-14-3-4-15-34(32)35-16-5-8-19-38(35)43)41-27-26-39(36-17-6-7-18-37(36)41)40-21-11-23-45-46(40)42-20-9-10-22-44(42)53-45/h1-29,47H,(H,50,51,52). The van der Waals surface area contributed by atoms with Gasteiger partial charge in [0.05, 0.1) is 0 Å². The molecule has 11 rings (SSSR count). The second-order valence-electron chi connectivity index (χ2n) is 13.7. The molecule has 0 bridgehead atoms. The number of para-hydroxylation sites is 1. The summed E-state index contributed by atoms with van der Waals surface area (Å²) in [6, 6.07) is 62.2. The number of fused-ring (bicyclic) bond motifs is 8. The van der Waals surface area contributed by atoms with Crippen LogP contribution >= 0.6 is 0 Å². The van der Waals surface area contributed by atoms with Crippen LogP contribution in [0.2, 0.25) is 0 Å². The molecule has 0 saturated heterocycles. The Bertz CT molecular complexity index is 3170. The van der Waals surface area contributed by atoms with E-state index in [-0.39, 0.29) is 6.17 Å². The van der Waals surface area contributed by atoms with Gasteiger partial charge in [-0.05, 0) is 84.0 Å². The molecule has 1 atom stereocenters. The molecule has 10 aromatic rings. The summed E-state index contributed by atoms with van der Waals surface area (Å²) in [5, 5.41) is 15.4. The van der Waals surface area contributed by atoms with E-state index in [2.05, 4.69) is 169 Å². The van der Waals surface area contributed by atoms with E-state index in [4.69, 9.17) is 14.4 Å². The number of hydrogen-bond donors (Lipinski definition) is 1. The van der Waals surface area contributed by atoms with Gasteiger partial charge in [-0.3, -0.25) is 0 Å². The summed E-state index contributed by atoms with van der Waals surface area (Å²) >= 11 is 0. The van der Waals surface area contributed by atoms with Crippen LogP contribution in [-0.4, -0.2) is 11.7 Å². The molecule has 1 aliphatic heterocycles. The third-order valence-electron chi connectivity index (χ3n) is 10.7. The van der Waals surface area contributed by atoms with E-state index in [0.29, 0.717) is 5.84 Å². The fourth-order valence-corrected chi connectivity index (χ4v) is 8.23. The highest BCUT2D eigenvalue weighted by Gasteiger charge is 2.25. The van der Waals surface area contributed by atoms with Crippen LogP contribution in [0.5, 0.6) is 0 Å². The monoisotopic (exact) mass is 677 g/mol. The molecule has 9 aromatic carbocycles. The number of furan rings is 1. The van der Waals surface area contributed by atoms with Crippen molar-refractivity contribution in [3.8, 4) is 11.1 Å². The lowest BCUT2D eigenvalue weighted by Gasteiger charge is -2.25. The second-order valence-corrected chi connectivity index (χ2v) is 13.7. The summed E-state index contributed by atoms with van der Waals surface area (Å²) in [6.07, 6.45) is -0.350. The Kier molecular flexibility index (Phi) is 6.58. The summed E-state index contributed by atoms with van der Waals surface area (Å²) in [6.45, 7) is 0. The molecular formula is C49H31N3O. The molecule has 53 heavy (non-hydrogen) atoms. The average molecular weight is 678 g/mol. The van der Waals surface area contributed by atoms with E-state index in [9.17, 15) is 0 Å². The fourth-order valence-electron chi connectivity index (χ4n) is 8.23. The lowest BCUT2D eigenvalue weighted by Crippen LogP contribution is -2.33. The number of amidine groups is 2. The Hall–Kier alpha value is -7.04. The molecule has 0 fully saturated rings. The lowest BCUT2D eigenvalue weighted by molar-refractivity contribution is 0.669. The van der Waals surface area contributed by atoms with Gasteiger partial charge in [-0.15, -0.1) is 0 Å². The normalized spacial score (nSPS) is 14.6. The molecule has 0 saturated carbocycles. The Balaban J connectivity index is 1.13. The first-order chi connectivity index (χ1) is 26.3. The van der Waals surface area contributed by atoms with Gasteiger partial charge in [0.25, 0.3) is 0 Å². The van der Waals surface area contributed by atoms with Gasteiger partial charge in [0.1, 0.15) is 23.2 Å². The molecule has 0 spiro atoms. The molecule has 1 N–H and O–H groups in total. The second kappa shape index (κ2) is 11.8. The summed E-state index contributed by atoms with van der Waals surface area (Å²) < 4.78 is 6.29. The quantitative estimate of drug-likeness (QED) is 0.189. The van der Waals surface area contributed by atoms with Crippen LogP contribution in [0.15, 0.2) is 190 Å². The Morgan fingerprint density at radius 3 is 1.87 bits per heavy atom. The number of aliphatic imine (C=N–C) groups is 2. The molecule has 1 unspecified atom stereocenters. The highest BCUT2D eigenvalue weighted by atomic mass is 16.3. The zero-order valence-corrected chi connectivity index (χ0v) is 28.6. The molecule has 248 valence electrons. The Labute approximate surface area is 305 Å². The highest BCUT2D eigenvalue weighted by Crippen LogP contribution is 2.40. The fraction of sp³-hybridized carbons (Fsp3) is 0.0204. The molecule has 4 nitrogen and oxygen atoms in total. The van der Waals surface area contributed by atoms with Gasteiger partial charge in [-0.25, -0.2) is 9.98 Å². The first-order valence-electron chi connectivity index (χ1n) is 18.0. The van der Waals surface area contributed by atoms with Crippen LogP contribution in [0.3, 0.4) is 0 Å². The van der Waals surface area contributed by atoms with Crippen LogP contribution in [0.25, 0.3) is 76.2 Å². The van der Waals surface area contributed by atoms with E-state index < -0.39 is 0 Å². The number of hydrogen-bond acceptors (Lipinski definition) is 4. The van der Waals surface area contributed by atoms with Crippen molar-refractivity contribution in [1.29, 1.82) is 0 Å². The first-order valence-corrected chi connectivity index (χ1v) is 18.0. The van der Waals surface area contributed by atoms with Crippen molar-refractivity contribution in [2.24, 2.45) is 9.98 Å². The molecule has 0 aliphatic carbocycles. The molecule has 2 heterocycles. The van der Waals surface area contributed by atoms with Gasteiger partial charge in [0.15, 0.2) is 5.84 Å². The lowest BCUT2D eigenvalue weighted by atomic mass is 9.92. The van der Waals surface area contributed by atoms with Gasteiger partial charge in [-0.2, -0.15) is 0 Å². The number of nitrogens with one attached hydrogen (secondary N) is 1. The van der Waals surface area contributed by atoms with Gasteiger partial charge in [0, 0.05) is 21.9 Å². The van der Waals surface area contributed by atoms with Crippen molar-refractivity contribution in [2.75, 3.05) is 0 Å². The number of rotatable bonds is 4. The van der Waals surface area contributed by atoms with Crippen LogP contribution in [0, 0.1) is 0 Å². The van der Waals surface area contributed by atoms with Crippen LogP contribution in [0.4, 0.5) is 0 Å². The van der Waals surface area contributed by atoms with Gasteiger partial charge >= 0.3 is 0 Å². The van der Waals surface area contributed by atoms with Crippen molar-refractivity contribution in [2.45, 2.75) is 6.17 Å². The van der Waals surface area contributed by atoms with Crippen molar-refractivity contribution in [3.63, 3.8) is 0 Å². The summed E-state index contributed by atoms with van der Waals surface area (Å²) in [5.41, 5.74) is 7.20. The third-order valence-corrected chi connectivity index (χ3v) is 10.7. The minimum Gasteiger partial charge on any atom is -0.456 e. The molecule has 1 aromatic heterocycles. The summed E-state index contributed by atoms with van der Waals surface area (Å²) in [4.78, 5) is 10.8. The van der Waals surface area contributed by atoms with Gasteiger partial charge in [0.2, 0.25) is 0 Å². The minimum atomic E-state index is -0.350. The molecule has 1 aliphatic rings. The summed E-state index contributed by atoms with van der Waals surface area (Å²) in [7, 11) is 0. The predicted molar refractivity (Wildman–Crippen MR) is 221 cm³/mol. The first kappa shape index (κ1) is 29.7. The van der Waals surface area contributed by atoms with E-state index in [0.717, 1.165) is 77.1 Å². The Morgan fingerprint density at radius 1 is 0.415 bits per heavy atom. The van der Waals surface area contributed by atoms with Crippen molar-refractivity contribution in [1.82, 2.24) is 5.32 Å². The maximum atomic E-state index is 6.29. The SMILES string of the molecule is c1ccc2cc(C3N=C(c4cc5ccccc5c5ccccc45)N=C(c4ccc(-c5cccc6oc7ccccc7c56)c5ccccc45)N3)ccc2c1. The molecule has 0 amide bonds. The van der Waals surface area contributed by atoms with Crippen LogP contribution in [-0.2, 0) is 0 Å². The number of benzene rings is 9. The predicted octanol–water partition coefficient (Wildman–Crippen LogP) is 12.4. The number of nitrogens with zero attached hydrogens (tertiary/aromatic N) is 2. The van der Waals surface area contributed by atoms with Gasteiger partial charge in [-0.1, -0.05) is 152 Å². The zero-order chi connectivity index (χ0) is 34.9. The van der Waals surface area contributed by atoms with Crippen LogP contribution < -0.4 is 5.32 Å². The molecule has 4 heteroatoms. The Morgan fingerprint density at radius 2 is 1.04 bits per heavy atom. The van der Waals surface area contributed by atoms with Crippen molar-refractivity contribution >= 4 is 76.7 Å². The maximum absolute atomic E-state index is 6.29. The zero-order valence-electron chi connectivity index (χ0n) is 28.6. The largest absolute Gasteiger partial charge is 0.456 e. The maximum Gasteiger partial charge on any atom is 0.160 e. The van der Waals surface area contributed by atoms with Crippen molar-refractivity contribution in [3.05, 3.63) is 193 Å². The van der Waals surface area contributed by atoms with E-state index in [1.807, 2.05) is 12.1 Å². The molecule has 0 radical (unpaired) electrons. The molecular weight excluding hydrogens is 647 g/mol. The highest BCUT2D eigenvalue weighted by molar-refractivity contribution is 6.24. The van der Waals surface area contributed by atoms with Crippen LogP contribution in [0.1, 0.15) is 22.9 Å². The van der Waals surface area contributed by atoms with Crippen molar-refractivity contribution < 1.29 is 4.42 Å². The summed E-state index contributed by atoms with van der Waals surface area (Å²) in [5.74, 6) is 1.50. The third kappa shape index (κ3) is 4.77. The minimum absolute atomic E-state index is 0.350.